The third-order valence-corrected chi connectivity index (χ3v) is 2.14. The van der Waals surface area contributed by atoms with E-state index < -0.39 is 12.1 Å². The van der Waals surface area contributed by atoms with Gasteiger partial charge in [0.2, 0.25) is 0 Å². The largest absolute Gasteiger partial charge is 0.490 e. The molecule has 20 heavy (non-hydrogen) atoms. The number of ether oxygens (including phenoxy) is 1. The third kappa shape index (κ3) is 5.11. The van der Waals surface area contributed by atoms with Crippen LogP contribution in [0.4, 0.5) is 13.2 Å². The lowest BCUT2D eigenvalue weighted by Gasteiger charge is -2.27. The van der Waals surface area contributed by atoms with Crippen molar-refractivity contribution in [2.75, 3.05) is 13.1 Å². The molecule has 6 nitrogen and oxygen atoms in total. The van der Waals surface area contributed by atoms with E-state index in [4.69, 9.17) is 19.9 Å². The van der Waals surface area contributed by atoms with Gasteiger partial charge in [-0.05, 0) is 6.07 Å². The van der Waals surface area contributed by atoms with Crippen LogP contribution in [-0.4, -0.2) is 41.4 Å². The average Bonchev–Trinajstić information content (AvgIpc) is 2.34. The number of hydrogen-bond acceptors (Lipinski definition) is 5. The van der Waals surface area contributed by atoms with E-state index >= 15 is 0 Å². The van der Waals surface area contributed by atoms with Gasteiger partial charge in [0, 0.05) is 25.4 Å². The smallest absolute Gasteiger partial charge is 0.488 e. The van der Waals surface area contributed by atoms with Crippen molar-refractivity contribution in [3.8, 4) is 11.8 Å². The summed E-state index contributed by atoms with van der Waals surface area (Å²) in [5.41, 5.74) is 0.393. The minimum Gasteiger partial charge on any atom is -0.488 e. The molecule has 1 saturated heterocycles. The van der Waals surface area contributed by atoms with E-state index in [0.717, 1.165) is 18.8 Å². The maximum Gasteiger partial charge on any atom is 0.490 e. The van der Waals surface area contributed by atoms with Crippen LogP contribution in [-0.2, 0) is 4.79 Å². The Morgan fingerprint density at radius 2 is 2.15 bits per heavy atom. The Labute approximate surface area is 111 Å². The van der Waals surface area contributed by atoms with Gasteiger partial charge in [0.15, 0.2) is 0 Å². The van der Waals surface area contributed by atoms with Crippen molar-refractivity contribution in [2.45, 2.75) is 12.3 Å². The number of carbonyl (C=O) groups is 1. The van der Waals surface area contributed by atoms with Crippen molar-refractivity contribution in [1.29, 1.82) is 5.26 Å². The number of nitrogens with zero attached hydrogens (tertiary/aromatic N) is 2. The van der Waals surface area contributed by atoms with Crippen molar-refractivity contribution >= 4 is 5.97 Å². The summed E-state index contributed by atoms with van der Waals surface area (Å²) in [5.74, 6) is -2.04. The molecule has 2 N–H and O–H groups in total. The van der Waals surface area contributed by atoms with Crippen LogP contribution in [0.15, 0.2) is 18.3 Å². The Hall–Kier alpha value is -2.34. The van der Waals surface area contributed by atoms with Gasteiger partial charge in [0.25, 0.3) is 0 Å². The van der Waals surface area contributed by atoms with E-state index in [2.05, 4.69) is 10.3 Å². The first-order valence-corrected chi connectivity index (χ1v) is 5.36. The van der Waals surface area contributed by atoms with E-state index in [9.17, 15) is 13.2 Å². The van der Waals surface area contributed by atoms with Crippen molar-refractivity contribution in [2.24, 2.45) is 0 Å². The van der Waals surface area contributed by atoms with Crippen LogP contribution in [0, 0.1) is 11.3 Å². The molecule has 1 aromatic heterocycles. The van der Waals surface area contributed by atoms with E-state index in [-0.39, 0.29) is 6.10 Å². The molecule has 0 bridgehead atoms. The molecule has 0 amide bonds. The maximum absolute atomic E-state index is 10.6. The predicted octanol–water partition coefficient (Wildman–Crippen LogP) is 0.937. The van der Waals surface area contributed by atoms with Gasteiger partial charge in [-0.2, -0.15) is 18.4 Å². The molecule has 108 valence electrons. The van der Waals surface area contributed by atoms with E-state index in [1.807, 2.05) is 6.07 Å². The molecule has 0 aromatic carbocycles. The summed E-state index contributed by atoms with van der Waals surface area (Å²) in [6.45, 7) is 1.76. The number of nitriles is 1. The molecule has 1 aliphatic rings. The van der Waals surface area contributed by atoms with E-state index in [0.29, 0.717) is 5.69 Å². The second kappa shape index (κ2) is 6.72. The quantitative estimate of drug-likeness (QED) is 0.841. The lowest BCUT2D eigenvalue weighted by molar-refractivity contribution is -0.192. The highest BCUT2D eigenvalue weighted by molar-refractivity contribution is 5.73. The molecule has 0 unspecified atom stereocenters. The summed E-state index contributed by atoms with van der Waals surface area (Å²) < 4.78 is 37.3. The highest BCUT2D eigenvalue weighted by atomic mass is 19.4. The Kier molecular flexibility index (Phi) is 5.28. The lowest BCUT2D eigenvalue weighted by atomic mass is 10.2. The van der Waals surface area contributed by atoms with Gasteiger partial charge >= 0.3 is 12.1 Å². The van der Waals surface area contributed by atoms with Gasteiger partial charge in [0.1, 0.15) is 23.6 Å². The van der Waals surface area contributed by atoms with Gasteiger partial charge in [-0.1, -0.05) is 0 Å². The van der Waals surface area contributed by atoms with Crippen molar-refractivity contribution < 1.29 is 27.8 Å². The Morgan fingerprint density at radius 3 is 2.55 bits per heavy atom. The standard InChI is InChI=1S/C9H9N3O.C2HF3O2/c10-4-7-3-8(1-2-12-7)13-9-5-11-6-9;3-2(4,5)1(6)7/h1-3,9,11H,5-6H2;(H,6,7). The molecular weight excluding hydrogens is 279 g/mol. The summed E-state index contributed by atoms with van der Waals surface area (Å²) >= 11 is 0. The molecule has 1 aliphatic heterocycles. The van der Waals surface area contributed by atoms with Gasteiger partial charge in [-0.25, -0.2) is 9.78 Å². The number of pyridine rings is 1. The zero-order valence-corrected chi connectivity index (χ0v) is 10.0. The fraction of sp³-hybridized carbons (Fsp3) is 0.364. The number of aliphatic carboxylic acids is 1. The predicted molar refractivity (Wildman–Crippen MR) is 59.9 cm³/mol. The lowest BCUT2D eigenvalue weighted by Crippen LogP contribution is -2.50. The summed E-state index contributed by atoms with van der Waals surface area (Å²) in [6, 6.07) is 5.38. The summed E-state index contributed by atoms with van der Waals surface area (Å²) in [5, 5.41) is 18.8. The first kappa shape index (κ1) is 15.7. The third-order valence-electron chi connectivity index (χ3n) is 2.14. The molecule has 2 rings (SSSR count). The second-order valence-electron chi connectivity index (χ2n) is 3.69. The van der Waals surface area contributed by atoms with Crippen LogP contribution in [0.2, 0.25) is 0 Å². The molecule has 9 heteroatoms. The molecule has 1 fully saturated rings. The Bertz CT molecular complexity index is 510. The molecule has 1 aromatic rings. The molecule has 0 saturated carbocycles. The van der Waals surface area contributed by atoms with Crippen molar-refractivity contribution in [3.63, 3.8) is 0 Å². The van der Waals surface area contributed by atoms with Crippen molar-refractivity contribution in [3.05, 3.63) is 24.0 Å². The number of nitrogens with one attached hydrogen (secondary N) is 1. The van der Waals surface area contributed by atoms with Crippen LogP contribution >= 0.6 is 0 Å². The molecule has 0 radical (unpaired) electrons. The van der Waals surface area contributed by atoms with Crippen LogP contribution in [0.5, 0.6) is 5.75 Å². The monoisotopic (exact) mass is 289 g/mol. The van der Waals surface area contributed by atoms with Crippen LogP contribution in [0.1, 0.15) is 5.69 Å². The average molecular weight is 289 g/mol. The zero-order chi connectivity index (χ0) is 15.2. The van der Waals surface area contributed by atoms with Crippen LogP contribution in [0.25, 0.3) is 0 Å². The van der Waals surface area contributed by atoms with Gasteiger partial charge in [-0.15, -0.1) is 0 Å². The normalized spacial score (nSPS) is 14.3. The molecule has 2 heterocycles. The number of carboxylic acids is 1. The number of aromatic nitrogens is 1. The van der Waals surface area contributed by atoms with Gasteiger partial charge in [0.05, 0.1) is 0 Å². The van der Waals surface area contributed by atoms with E-state index in [1.165, 1.54) is 0 Å². The molecule has 0 aliphatic carbocycles. The summed E-state index contributed by atoms with van der Waals surface area (Å²) in [6.07, 6.45) is -3.26. The molecular formula is C11H10F3N3O3. The summed E-state index contributed by atoms with van der Waals surface area (Å²) in [7, 11) is 0. The molecule has 0 atom stereocenters. The van der Waals surface area contributed by atoms with Gasteiger partial charge < -0.3 is 15.2 Å². The Balaban J connectivity index is 0.000000246. The Morgan fingerprint density at radius 1 is 1.55 bits per heavy atom. The summed E-state index contributed by atoms with van der Waals surface area (Å²) in [4.78, 5) is 12.7. The van der Waals surface area contributed by atoms with Crippen LogP contribution in [0.3, 0.4) is 0 Å². The number of hydrogen-bond donors (Lipinski definition) is 2. The van der Waals surface area contributed by atoms with Crippen LogP contribution < -0.4 is 10.1 Å². The topological polar surface area (TPSA) is 95.2 Å². The SMILES string of the molecule is N#Cc1cc(OC2CNC2)ccn1.O=C(O)C(F)(F)F. The first-order chi connectivity index (χ1) is 9.32. The number of carboxylic acid groups (broad SMARTS) is 1. The first-order valence-electron chi connectivity index (χ1n) is 5.36. The van der Waals surface area contributed by atoms with Crippen molar-refractivity contribution in [1.82, 2.24) is 10.3 Å². The molecule has 0 spiro atoms. The number of alkyl halides is 3. The maximum atomic E-state index is 10.6. The highest BCUT2D eigenvalue weighted by Crippen LogP contribution is 2.14. The van der Waals surface area contributed by atoms with Gasteiger partial charge in [-0.3, -0.25) is 0 Å². The minimum atomic E-state index is -5.08. The fourth-order valence-electron chi connectivity index (χ4n) is 1.08. The van der Waals surface area contributed by atoms with E-state index in [1.54, 1.807) is 18.3 Å². The highest BCUT2D eigenvalue weighted by Gasteiger charge is 2.38. The fourth-order valence-corrected chi connectivity index (χ4v) is 1.08. The number of rotatable bonds is 2. The zero-order valence-electron chi connectivity index (χ0n) is 10.0. The second-order valence-corrected chi connectivity index (χ2v) is 3.69. The number of halogens is 3. The minimum absolute atomic E-state index is 0.244.